The first-order valence-electron chi connectivity index (χ1n) is 2.17. The third-order valence-corrected chi connectivity index (χ3v) is 0.884. The molecule has 0 aliphatic rings. The second-order valence-electron chi connectivity index (χ2n) is 1.83. The van der Waals surface area contributed by atoms with E-state index in [-0.39, 0.29) is 0 Å². The zero-order valence-corrected chi connectivity index (χ0v) is 4.61. The molecule has 0 aliphatic carbocycles. The molecule has 0 spiro atoms. The van der Waals surface area contributed by atoms with E-state index in [1.54, 1.807) is 0 Å². The molecule has 0 amide bonds. The number of hydrogen-bond donors (Lipinski definition) is 1. The van der Waals surface area contributed by atoms with Crippen LogP contribution in [0.3, 0.4) is 0 Å². The Labute approximate surface area is 49.3 Å². The van der Waals surface area contributed by atoms with Gasteiger partial charge in [-0.1, -0.05) is 0 Å². The van der Waals surface area contributed by atoms with Gasteiger partial charge < -0.3 is 5.11 Å². The molecule has 0 heterocycles. The van der Waals surface area contributed by atoms with E-state index in [1.165, 1.54) is 0 Å². The van der Waals surface area contributed by atoms with E-state index in [2.05, 4.69) is 0 Å². The highest BCUT2D eigenvalue weighted by molar-refractivity contribution is 4.77. The van der Waals surface area contributed by atoms with Crippen LogP contribution >= 0.6 is 0 Å². The molecule has 0 aromatic rings. The van der Waals surface area contributed by atoms with E-state index in [0.29, 0.717) is 6.92 Å². The lowest BCUT2D eigenvalue weighted by Crippen LogP contribution is -2.41. The first kappa shape index (κ1) is 8.68. The molecular weight excluding hydrogens is 140 g/mol. The summed E-state index contributed by atoms with van der Waals surface area (Å²) in [7, 11) is 0. The lowest BCUT2D eigenvalue weighted by Gasteiger charge is -2.19. The molecule has 1 N–H and O–H groups in total. The molecule has 0 aliphatic heterocycles. The normalized spacial score (nSPS) is 13.3. The van der Waals surface area contributed by atoms with Crippen molar-refractivity contribution in [2.45, 2.75) is 25.4 Å². The van der Waals surface area contributed by atoms with Crippen molar-refractivity contribution in [1.82, 2.24) is 0 Å². The van der Waals surface area contributed by atoms with Gasteiger partial charge in [0.25, 0.3) is 12.9 Å². The molecule has 0 saturated carbocycles. The number of halogens is 4. The Hall–Kier alpha value is -0.320. The van der Waals surface area contributed by atoms with Crippen LogP contribution < -0.4 is 0 Å². The molecule has 0 bridgehead atoms. The molecule has 56 valence electrons. The van der Waals surface area contributed by atoms with E-state index in [9.17, 15) is 17.6 Å². The van der Waals surface area contributed by atoms with E-state index in [0.717, 1.165) is 0 Å². The van der Waals surface area contributed by atoms with Gasteiger partial charge in [0.15, 0.2) is 5.60 Å². The SMILES string of the molecule is CC(O)(C(F)F)C(F)F. The summed E-state index contributed by atoms with van der Waals surface area (Å²) in [5.41, 5.74) is -3.17. The van der Waals surface area contributed by atoms with Crippen molar-refractivity contribution in [3.8, 4) is 0 Å². The Morgan fingerprint density at radius 2 is 1.33 bits per heavy atom. The number of aliphatic hydroxyl groups is 1. The molecule has 0 saturated heterocycles. The summed E-state index contributed by atoms with van der Waals surface area (Å²) >= 11 is 0. The van der Waals surface area contributed by atoms with Crippen LogP contribution in [-0.2, 0) is 0 Å². The number of rotatable bonds is 2. The first-order valence-corrected chi connectivity index (χ1v) is 2.17. The summed E-state index contributed by atoms with van der Waals surface area (Å²) < 4.78 is 45.3. The fourth-order valence-electron chi connectivity index (χ4n) is 0.0952. The maximum Gasteiger partial charge on any atom is 0.272 e. The van der Waals surface area contributed by atoms with Gasteiger partial charge in [-0.2, -0.15) is 0 Å². The van der Waals surface area contributed by atoms with Crippen LogP contribution in [0.15, 0.2) is 0 Å². The highest BCUT2D eigenvalue weighted by atomic mass is 19.3. The van der Waals surface area contributed by atoms with Gasteiger partial charge in [-0.3, -0.25) is 0 Å². The summed E-state index contributed by atoms with van der Waals surface area (Å²) in [6.45, 7) is 0.391. The largest absolute Gasteiger partial charge is 0.379 e. The highest BCUT2D eigenvalue weighted by Crippen LogP contribution is 2.22. The van der Waals surface area contributed by atoms with Gasteiger partial charge in [-0.25, -0.2) is 17.6 Å². The molecule has 0 unspecified atom stereocenters. The Bertz CT molecular complexity index is 80.6. The van der Waals surface area contributed by atoms with Crippen LogP contribution in [0.5, 0.6) is 0 Å². The third kappa shape index (κ3) is 1.82. The zero-order chi connectivity index (χ0) is 7.65. The summed E-state index contributed by atoms with van der Waals surface area (Å²) in [6.07, 6.45) is -6.81. The van der Waals surface area contributed by atoms with Gasteiger partial charge in [0.05, 0.1) is 0 Å². The topological polar surface area (TPSA) is 20.2 Å². The molecule has 9 heavy (non-hydrogen) atoms. The van der Waals surface area contributed by atoms with Gasteiger partial charge in [-0.15, -0.1) is 0 Å². The number of hydrogen-bond acceptors (Lipinski definition) is 1. The van der Waals surface area contributed by atoms with Gasteiger partial charge in [0.1, 0.15) is 0 Å². The van der Waals surface area contributed by atoms with Crippen LogP contribution in [0.4, 0.5) is 17.6 Å². The quantitative estimate of drug-likeness (QED) is 0.581. The fourth-order valence-corrected chi connectivity index (χ4v) is 0.0952. The predicted octanol–water partition coefficient (Wildman–Crippen LogP) is 1.27. The van der Waals surface area contributed by atoms with Crippen molar-refractivity contribution < 1.29 is 22.7 Å². The van der Waals surface area contributed by atoms with Crippen molar-refractivity contribution in [2.24, 2.45) is 0 Å². The van der Waals surface area contributed by atoms with Crippen molar-refractivity contribution in [3.05, 3.63) is 0 Å². The van der Waals surface area contributed by atoms with Gasteiger partial charge >= 0.3 is 0 Å². The van der Waals surface area contributed by atoms with E-state index < -0.39 is 18.5 Å². The minimum absolute atomic E-state index is 0.391. The van der Waals surface area contributed by atoms with Crippen LogP contribution in [0, 0.1) is 0 Å². The van der Waals surface area contributed by atoms with E-state index in [1.807, 2.05) is 0 Å². The standard InChI is InChI=1S/C4H6F4O/c1-4(9,2(5)6)3(7)8/h2-3,9H,1H3. The van der Waals surface area contributed by atoms with Crippen molar-refractivity contribution in [1.29, 1.82) is 0 Å². The second kappa shape index (κ2) is 2.51. The van der Waals surface area contributed by atoms with Crippen LogP contribution in [0.2, 0.25) is 0 Å². The van der Waals surface area contributed by atoms with Gasteiger partial charge in [0, 0.05) is 0 Å². The summed E-state index contributed by atoms with van der Waals surface area (Å²) in [6, 6.07) is 0. The minimum atomic E-state index is -3.41. The van der Waals surface area contributed by atoms with E-state index in [4.69, 9.17) is 5.11 Å². The highest BCUT2D eigenvalue weighted by Gasteiger charge is 2.41. The Kier molecular flexibility index (Phi) is 2.42. The zero-order valence-electron chi connectivity index (χ0n) is 4.61. The molecule has 0 aromatic carbocycles. The lowest BCUT2D eigenvalue weighted by molar-refractivity contribution is -0.164. The van der Waals surface area contributed by atoms with Crippen molar-refractivity contribution in [3.63, 3.8) is 0 Å². The molecule has 0 rings (SSSR count). The fraction of sp³-hybridized carbons (Fsp3) is 1.00. The van der Waals surface area contributed by atoms with Crippen molar-refractivity contribution >= 4 is 0 Å². The van der Waals surface area contributed by atoms with Gasteiger partial charge in [-0.05, 0) is 6.92 Å². The average molecular weight is 146 g/mol. The molecule has 0 atom stereocenters. The average Bonchev–Trinajstić information content (AvgIpc) is 1.65. The maximum atomic E-state index is 11.3. The van der Waals surface area contributed by atoms with Crippen molar-refractivity contribution in [2.75, 3.05) is 0 Å². The predicted molar refractivity (Wildman–Crippen MR) is 22.6 cm³/mol. The first-order chi connectivity index (χ1) is 3.89. The Balaban J connectivity index is 4.01. The Morgan fingerprint density at radius 3 is 1.33 bits per heavy atom. The molecule has 0 aromatic heterocycles. The monoisotopic (exact) mass is 146 g/mol. The lowest BCUT2D eigenvalue weighted by atomic mass is 10.1. The third-order valence-electron chi connectivity index (χ3n) is 0.884. The summed E-state index contributed by atoms with van der Waals surface area (Å²) in [5, 5.41) is 8.17. The number of alkyl halides is 4. The summed E-state index contributed by atoms with van der Waals surface area (Å²) in [4.78, 5) is 0. The van der Waals surface area contributed by atoms with E-state index >= 15 is 0 Å². The molecular formula is C4H6F4O. The Morgan fingerprint density at radius 1 is 1.11 bits per heavy atom. The van der Waals surface area contributed by atoms with Gasteiger partial charge in [0.2, 0.25) is 0 Å². The molecule has 0 fully saturated rings. The van der Waals surface area contributed by atoms with Crippen LogP contribution in [-0.4, -0.2) is 23.6 Å². The van der Waals surface area contributed by atoms with Crippen LogP contribution in [0.25, 0.3) is 0 Å². The summed E-state index contributed by atoms with van der Waals surface area (Å²) in [5.74, 6) is 0. The smallest absolute Gasteiger partial charge is 0.272 e. The molecule has 1 nitrogen and oxygen atoms in total. The minimum Gasteiger partial charge on any atom is -0.379 e. The molecule has 0 radical (unpaired) electrons. The molecule has 5 heteroatoms. The second-order valence-corrected chi connectivity index (χ2v) is 1.83. The van der Waals surface area contributed by atoms with Crippen LogP contribution in [0.1, 0.15) is 6.92 Å². The maximum absolute atomic E-state index is 11.3.